The first kappa shape index (κ1) is 23.8. The van der Waals surface area contributed by atoms with E-state index < -0.39 is 17.6 Å². The summed E-state index contributed by atoms with van der Waals surface area (Å²) >= 11 is 0. The molecule has 9 heteroatoms. The zero-order valence-corrected chi connectivity index (χ0v) is 19.0. The topological polar surface area (TPSA) is 88.2 Å². The molecule has 6 nitrogen and oxygen atoms in total. The fourth-order valence-electron chi connectivity index (χ4n) is 3.77. The van der Waals surface area contributed by atoms with Crippen LogP contribution in [0.25, 0.3) is 33.8 Å². The standard InChI is InChI=1S/C28H18F3N3O3/c29-28(30,31)20-13-11-17(12-14-20)21-9-4-10-22(24(21)35)26-33-23(19-8-5-15-32-16-19)27(37-26)34-25(36)18-6-2-1-3-7-18/h1-16,35H,(H,34,36). The van der Waals surface area contributed by atoms with Gasteiger partial charge in [-0.2, -0.15) is 13.2 Å². The van der Waals surface area contributed by atoms with Crippen LogP contribution in [0.5, 0.6) is 5.75 Å². The average Bonchev–Trinajstić information content (AvgIpc) is 3.33. The van der Waals surface area contributed by atoms with Crippen LogP contribution in [0.2, 0.25) is 0 Å². The highest BCUT2D eigenvalue weighted by Crippen LogP contribution is 2.41. The highest BCUT2D eigenvalue weighted by atomic mass is 19.4. The van der Waals surface area contributed by atoms with Crippen LogP contribution in [0.4, 0.5) is 19.1 Å². The molecule has 0 saturated carbocycles. The summed E-state index contributed by atoms with van der Waals surface area (Å²) in [4.78, 5) is 21.4. The number of nitrogens with zero attached hydrogens (tertiary/aromatic N) is 2. The molecular formula is C28H18F3N3O3. The van der Waals surface area contributed by atoms with Crippen molar-refractivity contribution in [1.82, 2.24) is 9.97 Å². The van der Waals surface area contributed by atoms with Gasteiger partial charge >= 0.3 is 6.18 Å². The molecule has 184 valence electrons. The Bertz CT molecular complexity index is 1550. The second-order valence-corrected chi connectivity index (χ2v) is 8.04. The van der Waals surface area contributed by atoms with Gasteiger partial charge in [0.05, 0.1) is 11.1 Å². The number of benzene rings is 3. The van der Waals surface area contributed by atoms with Crippen molar-refractivity contribution in [1.29, 1.82) is 0 Å². The summed E-state index contributed by atoms with van der Waals surface area (Å²) in [6, 6.07) is 21.2. The molecule has 0 saturated heterocycles. The number of para-hydroxylation sites is 1. The van der Waals surface area contributed by atoms with Crippen molar-refractivity contribution in [3.63, 3.8) is 0 Å². The summed E-state index contributed by atoms with van der Waals surface area (Å²) in [5.41, 5.74) is 1.35. The maximum Gasteiger partial charge on any atom is 0.416 e. The summed E-state index contributed by atoms with van der Waals surface area (Å²) in [5, 5.41) is 13.8. The molecule has 3 aromatic carbocycles. The third kappa shape index (κ3) is 4.92. The van der Waals surface area contributed by atoms with E-state index in [-0.39, 0.29) is 23.1 Å². The van der Waals surface area contributed by atoms with Gasteiger partial charge in [-0.25, -0.2) is 4.98 Å². The van der Waals surface area contributed by atoms with Gasteiger partial charge in [0.1, 0.15) is 11.4 Å². The van der Waals surface area contributed by atoms with E-state index in [2.05, 4.69) is 15.3 Å². The minimum Gasteiger partial charge on any atom is -0.506 e. The van der Waals surface area contributed by atoms with Crippen molar-refractivity contribution in [3.05, 3.63) is 108 Å². The van der Waals surface area contributed by atoms with Crippen LogP contribution in [0.15, 0.2) is 102 Å². The lowest BCUT2D eigenvalue weighted by molar-refractivity contribution is -0.137. The van der Waals surface area contributed by atoms with Gasteiger partial charge in [-0.15, -0.1) is 0 Å². The van der Waals surface area contributed by atoms with Gasteiger partial charge in [0.2, 0.25) is 11.8 Å². The summed E-state index contributed by atoms with van der Waals surface area (Å²) in [6.07, 6.45) is -1.33. The Kier molecular flexibility index (Phi) is 6.19. The van der Waals surface area contributed by atoms with Crippen LogP contribution >= 0.6 is 0 Å². The third-order valence-electron chi connectivity index (χ3n) is 5.61. The maximum absolute atomic E-state index is 13.0. The molecule has 37 heavy (non-hydrogen) atoms. The molecule has 0 aliphatic heterocycles. The predicted octanol–water partition coefficient (Wildman–Crippen LogP) is 7.05. The van der Waals surface area contributed by atoms with E-state index >= 15 is 0 Å². The van der Waals surface area contributed by atoms with Crippen molar-refractivity contribution < 1.29 is 27.5 Å². The lowest BCUT2D eigenvalue weighted by atomic mass is 10.00. The number of hydrogen-bond donors (Lipinski definition) is 2. The molecule has 0 radical (unpaired) electrons. The molecule has 0 unspecified atom stereocenters. The van der Waals surface area contributed by atoms with E-state index in [1.54, 1.807) is 73.1 Å². The molecule has 0 aliphatic rings. The zero-order valence-electron chi connectivity index (χ0n) is 19.0. The number of phenols is 1. The summed E-state index contributed by atoms with van der Waals surface area (Å²) < 4.78 is 44.8. The lowest BCUT2D eigenvalue weighted by Crippen LogP contribution is -2.11. The number of oxazole rings is 1. The fraction of sp³-hybridized carbons (Fsp3) is 0.0357. The number of aromatic hydroxyl groups is 1. The number of carbonyl (C=O) groups excluding carboxylic acids is 1. The van der Waals surface area contributed by atoms with Crippen molar-refractivity contribution in [2.45, 2.75) is 6.18 Å². The number of pyridine rings is 1. The monoisotopic (exact) mass is 501 g/mol. The van der Waals surface area contributed by atoms with Gasteiger partial charge in [-0.3, -0.25) is 15.1 Å². The number of alkyl halides is 3. The third-order valence-corrected chi connectivity index (χ3v) is 5.61. The number of nitrogens with one attached hydrogen (secondary N) is 1. The number of phenolic OH excluding ortho intramolecular Hbond substituents is 1. The van der Waals surface area contributed by atoms with Crippen LogP contribution in [-0.4, -0.2) is 21.0 Å². The highest BCUT2D eigenvalue weighted by Gasteiger charge is 2.30. The molecule has 0 fully saturated rings. The minimum absolute atomic E-state index is 0.00785. The first-order valence-electron chi connectivity index (χ1n) is 11.1. The quantitative estimate of drug-likeness (QED) is 0.270. The van der Waals surface area contributed by atoms with E-state index in [0.29, 0.717) is 27.9 Å². The minimum atomic E-state index is -4.47. The second-order valence-electron chi connectivity index (χ2n) is 8.04. The summed E-state index contributed by atoms with van der Waals surface area (Å²) in [6.45, 7) is 0. The van der Waals surface area contributed by atoms with E-state index in [0.717, 1.165) is 12.1 Å². The second kappa shape index (κ2) is 9.62. The number of carbonyl (C=O) groups is 1. The summed E-state index contributed by atoms with van der Waals surface area (Å²) in [5.74, 6) is -0.594. The predicted molar refractivity (Wildman–Crippen MR) is 132 cm³/mol. The molecule has 1 amide bonds. The Morgan fingerprint density at radius 1 is 0.838 bits per heavy atom. The number of aromatic nitrogens is 2. The highest BCUT2D eigenvalue weighted by molar-refractivity contribution is 6.05. The Labute approximate surface area is 209 Å². The molecule has 5 rings (SSSR count). The number of rotatable bonds is 5. The van der Waals surface area contributed by atoms with Crippen LogP contribution in [0.1, 0.15) is 15.9 Å². The van der Waals surface area contributed by atoms with E-state index in [1.807, 2.05) is 0 Å². The number of amides is 1. The first-order chi connectivity index (χ1) is 17.8. The van der Waals surface area contributed by atoms with Crippen molar-refractivity contribution >= 4 is 11.8 Å². The van der Waals surface area contributed by atoms with Gasteiger partial charge in [0.25, 0.3) is 5.91 Å². The number of halogens is 3. The molecule has 0 bridgehead atoms. The van der Waals surface area contributed by atoms with Gasteiger partial charge in [-0.05, 0) is 48.0 Å². The maximum atomic E-state index is 13.0. The SMILES string of the molecule is O=C(Nc1oc(-c2cccc(-c3ccc(C(F)(F)F)cc3)c2O)nc1-c1cccnc1)c1ccccc1. The molecule has 0 aliphatic carbocycles. The van der Waals surface area contributed by atoms with Gasteiger partial charge < -0.3 is 9.52 Å². The smallest absolute Gasteiger partial charge is 0.416 e. The van der Waals surface area contributed by atoms with Crippen molar-refractivity contribution in [2.75, 3.05) is 5.32 Å². The fourth-order valence-corrected chi connectivity index (χ4v) is 3.77. The molecule has 2 aromatic heterocycles. The van der Waals surface area contributed by atoms with E-state index in [1.165, 1.54) is 12.1 Å². The largest absolute Gasteiger partial charge is 0.506 e. The van der Waals surface area contributed by atoms with Crippen LogP contribution in [-0.2, 0) is 6.18 Å². The normalized spacial score (nSPS) is 11.3. The molecular weight excluding hydrogens is 483 g/mol. The molecule has 2 heterocycles. The Morgan fingerprint density at radius 2 is 1.57 bits per heavy atom. The Morgan fingerprint density at radius 3 is 2.24 bits per heavy atom. The van der Waals surface area contributed by atoms with Gasteiger partial charge in [-0.1, -0.05) is 42.5 Å². The first-order valence-corrected chi connectivity index (χ1v) is 11.1. The summed E-state index contributed by atoms with van der Waals surface area (Å²) in [7, 11) is 0. The van der Waals surface area contributed by atoms with Gasteiger partial charge in [0, 0.05) is 29.1 Å². The average molecular weight is 501 g/mol. The van der Waals surface area contributed by atoms with Gasteiger partial charge in [0.15, 0.2) is 0 Å². The van der Waals surface area contributed by atoms with Crippen LogP contribution in [0.3, 0.4) is 0 Å². The molecule has 0 atom stereocenters. The van der Waals surface area contributed by atoms with E-state index in [4.69, 9.17) is 4.42 Å². The van der Waals surface area contributed by atoms with Crippen LogP contribution in [0, 0.1) is 0 Å². The van der Waals surface area contributed by atoms with Crippen molar-refractivity contribution in [3.8, 4) is 39.6 Å². The number of anilines is 1. The molecule has 2 N–H and O–H groups in total. The molecule has 0 spiro atoms. The number of hydrogen-bond acceptors (Lipinski definition) is 5. The zero-order chi connectivity index (χ0) is 26.0. The lowest BCUT2D eigenvalue weighted by Gasteiger charge is -2.10. The Balaban J connectivity index is 1.55. The van der Waals surface area contributed by atoms with Crippen LogP contribution < -0.4 is 5.32 Å². The van der Waals surface area contributed by atoms with Crippen molar-refractivity contribution in [2.24, 2.45) is 0 Å². The molecule has 5 aromatic rings. The van der Waals surface area contributed by atoms with E-state index in [9.17, 15) is 23.1 Å². The Hall–Kier alpha value is -4.92.